The highest BCUT2D eigenvalue weighted by atomic mass is 32.1. The van der Waals surface area contributed by atoms with Gasteiger partial charge >= 0.3 is 0 Å². The Balaban J connectivity index is 1.67. The van der Waals surface area contributed by atoms with E-state index in [2.05, 4.69) is 33.2 Å². The van der Waals surface area contributed by atoms with Crippen LogP contribution >= 0.6 is 12.6 Å². The highest BCUT2D eigenvalue weighted by molar-refractivity contribution is 7.83. The lowest BCUT2D eigenvalue weighted by Gasteiger charge is -2.03. The van der Waals surface area contributed by atoms with Gasteiger partial charge in [-0.1, -0.05) is 12.1 Å². The van der Waals surface area contributed by atoms with Gasteiger partial charge in [0.2, 0.25) is 0 Å². The van der Waals surface area contributed by atoms with E-state index in [9.17, 15) is 0 Å². The van der Waals surface area contributed by atoms with Gasteiger partial charge < -0.3 is 22.1 Å². The topological polar surface area (TPSA) is 102 Å². The Kier molecular flexibility index (Phi) is 5.96. The third-order valence-corrected chi connectivity index (χ3v) is 3.95. The monoisotopic (exact) mass is 376 g/mol. The minimum absolute atomic E-state index is 0.471. The van der Waals surface area contributed by atoms with Crippen molar-refractivity contribution in [2.45, 2.75) is 0 Å². The molecule has 2 heterocycles. The van der Waals surface area contributed by atoms with E-state index >= 15 is 0 Å². The van der Waals surface area contributed by atoms with Gasteiger partial charge in [0.25, 0.3) is 0 Å². The van der Waals surface area contributed by atoms with Gasteiger partial charge in [-0.3, -0.25) is 0 Å². The molecule has 1 aliphatic carbocycles. The first-order valence-electron chi connectivity index (χ1n) is 8.23. The first-order chi connectivity index (χ1) is 13.1. The first kappa shape index (κ1) is 18.3. The Morgan fingerprint density at radius 1 is 0.778 bits per heavy atom. The molecule has 1 aliphatic rings. The normalized spacial score (nSPS) is 13.7. The molecule has 27 heavy (non-hydrogen) atoms. The minimum atomic E-state index is 0.471. The number of pyridine rings is 2. The molecule has 7 heteroatoms. The summed E-state index contributed by atoms with van der Waals surface area (Å²) in [5, 5.41) is 7.98. The summed E-state index contributed by atoms with van der Waals surface area (Å²) in [5.41, 5.74) is 14.4. The standard InChI is InChI=1S/C20H20N6S/c21-17-3-1-5-19(25-17)23-9-7-15-11-14(13-27)12-16(15)8-10-24-20-6-2-4-18(22)26-20/h1-13,27H,(H3,21,23,25)(H3,22,24,26)/b9-7+,10-8+. The van der Waals surface area contributed by atoms with E-state index in [4.69, 9.17) is 11.5 Å². The van der Waals surface area contributed by atoms with Gasteiger partial charge in [0.05, 0.1) is 0 Å². The molecule has 2 aromatic heterocycles. The average Bonchev–Trinajstić information content (AvgIpc) is 3.04. The number of nitrogens with zero attached hydrogens (tertiary/aromatic N) is 2. The van der Waals surface area contributed by atoms with Crippen molar-refractivity contribution in [1.29, 1.82) is 0 Å². The second-order valence-electron chi connectivity index (χ2n) is 5.68. The van der Waals surface area contributed by atoms with Gasteiger partial charge in [0.15, 0.2) is 0 Å². The van der Waals surface area contributed by atoms with Crippen LogP contribution in [0.3, 0.4) is 0 Å². The summed E-state index contributed by atoms with van der Waals surface area (Å²) in [4.78, 5) is 8.39. The van der Waals surface area contributed by atoms with Crippen molar-refractivity contribution in [3.05, 3.63) is 95.2 Å². The van der Waals surface area contributed by atoms with Crippen LogP contribution in [-0.4, -0.2) is 9.97 Å². The van der Waals surface area contributed by atoms with Crippen LogP contribution in [0.5, 0.6) is 0 Å². The number of allylic oxidation sites excluding steroid dienone is 7. The average molecular weight is 376 g/mol. The molecular weight excluding hydrogens is 356 g/mol. The summed E-state index contributed by atoms with van der Waals surface area (Å²) in [6.07, 6.45) is 11.6. The van der Waals surface area contributed by atoms with Crippen molar-refractivity contribution in [3.8, 4) is 0 Å². The smallest absolute Gasteiger partial charge is 0.132 e. The van der Waals surface area contributed by atoms with E-state index in [1.807, 2.05) is 61.0 Å². The van der Waals surface area contributed by atoms with E-state index in [0.29, 0.717) is 23.3 Å². The van der Waals surface area contributed by atoms with E-state index in [1.165, 1.54) is 0 Å². The van der Waals surface area contributed by atoms with Gasteiger partial charge in [-0.15, -0.1) is 0 Å². The van der Waals surface area contributed by atoms with E-state index in [-0.39, 0.29) is 0 Å². The molecule has 0 aliphatic heterocycles. The fourth-order valence-electron chi connectivity index (χ4n) is 2.43. The Morgan fingerprint density at radius 3 is 1.67 bits per heavy atom. The number of nitrogen functional groups attached to an aromatic ring is 2. The third kappa shape index (κ3) is 5.26. The Hall–Kier alpha value is -3.45. The number of anilines is 4. The predicted octanol–water partition coefficient (Wildman–Crippen LogP) is 3.87. The summed E-state index contributed by atoms with van der Waals surface area (Å²) in [6.45, 7) is 0. The zero-order valence-corrected chi connectivity index (χ0v) is 15.4. The number of nitrogens with one attached hydrogen (secondary N) is 2. The molecule has 3 rings (SSSR count). The van der Waals surface area contributed by atoms with E-state index < -0.39 is 0 Å². The minimum Gasteiger partial charge on any atom is -0.384 e. The van der Waals surface area contributed by atoms with Crippen molar-refractivity contribution >= 4 is 35.9 Å². The van der Waals surface area contributed by atoms with Crippen LogP contribution in [0, 0.1) is 0 Å². The maximum Gasteiger partial charge on any atom is 0.132 e. The summed E-state index contributed by atoms with van der Waals surface area (Å²) < 4.78 is 0. The van der Waals surface area contributed by atoms with Gasteiger partial charge in [0, 0.05) is 12.4 Å². The summed E-state index contributed by atoms with van der Waals surface area (Å²) >= 11 is 4.24. The van der Waals surface area contributed by atoms with Crippen LogP contribution in [0.1, 0.15) is 0 Å². The number of aromatic nitrogens is 2. The molecule has 6 nitrogen and oxygen atoms in total. The molecule has 0 amide bonds. The number of rotatable bonds is 6. The Bertz CT molecular complexity index is 896. The lowest BCUT2D eigenvalue weighted by atomic mass is 10.1. The van der Waals surface area contributed by atoms with Crippen LogP contribution in [0.4, 0.5) is 23.3 Å². The second-order valence-corrected chi connectivity index (χ2v) is 5.94. The molecule has 2 aromatic rings. The van der Waals surface area contributed by atoms with Crippen molar-refractivity contribution in [3.63, 3.8) is 0 Å². The number of hydrogen-bond donors (Lipinski definition) is 5. The maximum absolute atomic E-state index is 5.68. The van der Waals surface area contributed by atoms with E-state index in [1.54, 1.807) is 17.5 Å². The van der Waals surface area contributed by atoms with Crippen LogP contribution in [-0.2, 0) is 0 Å². The molecule has 0 aromatic carbocycles. The van der Waals surface area contributed by atoms with E-state index in [0.717, 1.165) is 16.7 Å². The summed E-state index contributed by atoms with van der Waals surface area (Å²) in [6, 6.07) is 10.9. The van der Waals surface area contributed by atoms with Crippen LogP contribution < -0.4 is 22.1 Å². The number of hydrogen-bond acceptors (Lipinski definition) is 7. The van der Waals surface area contributed by atoms with Gasteiger partial charge in [-0.2, -0.15) is 12.6 Å². The molecule has 6 N–H and O–H groups in total. The fourth-order valence-corrected chi connectivity index (χ4v) is 2.58. The van der Waals surface area contributed by atoms with Gasteiger partial charge in [-0.25, -0.2) is 9.97 Å². The zero-order chi connectivity index (χ0) is 19.1. The fraction of sp³-hybridized carbons (Fsp3) is 0. The molecule has 0 saturated carbocycles. The summed E-state index contributed by atoms with van der Waals surface area (Å²) in [5.74, 6) is 2.31. The molecular formula is C20H20N6S. The van der Waals surface area contributed by atoms with Crippen LogP contribution in [0.15, 0.2) is 95.2 Å². The van der Waals surface area contributed by atoms with Crippen LogP contribution in [0.25, 0.3) is 0 Å². The van der Waals surface area contributed by atoms with Crippen molar-refractivity contribution in [1.82, 2.24) is 9.97 Å². The molecule has 0 atom stereocenters. The molecule has 0 saturated heterocycles. The lowest BCUT2D eigenvalue weighted by molar-refractivity contribution is 1.31. The molecule has 0 spiro atoms. The second kappa shape index (κ2) is 8.77. The maximum atomic E-state index is 5.68. The summed E-state index contributed by atoms with van der Waals surface area (Å²) in [7, 11) is 0. The molecule has 0 fully saturated rings. The van der Waals surface area contributed by atoms with Gasteiger partial charge in [-0.05, 0) is 70.7 Å². The van der Waals surface area contributed by atoms with Crippen molar-refractivity contribution < 1.29 is 0 Å². The van der Waals surface area contributed by atoms with Crippen molar-refractivity contribution in [2.75, 3.05) is 22.1 Å². The van der Waals surface area contributed by atoms with Gasteiger partial charge in [0.1, 0.15) is 23.3 Å². The van der Waals surface area contributed by atoms with Crippen LogP contribution in [0.2, 0.25) is 0 Å². The Labute approximate surface area is 163 Å². The number of nitrogens with two attached hydrogens (primary N) is 2. The lowest BCUT2D eigenvalue weighted by Crippen LogP contribution is -1.96. The number of thiol groups is 1. The first-order valence-corrected chi connectivity index (χ1v) is 8.75. The molecule has 0 bridgehead atoms. The Morgan fingerprint density at radius 2 is 1.26 bits per heavy atom. The third-order valence-electron chi connectivity index (χ3n) is 3.66. The SMILES string of the molecule is Nc1cccc(N/C=C/C2=CC(=CS)C=C2/C=C/Nc2cccc(N)n2)n1. The molecule has 136 valence electrons. The quantitative estimate of drug-likeness (QED) is 0.491. The molecule has 0 unspecified atom stereocenters. The highest BCUT2D eigenvalue weighted by Crippen LogP contribution is 2.26. The highest BCUT2D eigenvalue weighted by Gasteiger charge is 2.07. The zero-order valence-electron chi connectivity index (χ0n) is 14.5. The van der Waals surface area contributed by atoms with Crippen molar-refractivity contribution in [2.24, 2.45) is 0 Å². The molecule has 0 radical (unpaired) electrons. The predicted molar refractivity (Wildman–Crippen MR) is 116 cm³/mol. The largest absolute Gasteiger partial charge is 0.384 e.